The number of nitrogens with one attached hydrogen (secondary N) is 1. The molecule has 18 heavy (non-hydrogen) atoms. The number of benzene rings is 1. The Labute approximate surface area is 111 Å². The molecule has 1 unspecified atom stereocenters. The average Bonchev–Trinajstić information content (AvgIpc) is 2.28. The van der Waals surface area contributed by atoms with E-state index in [9.17, 15) is 12.8 Å². The Morgan fingerprint density at radius 1 is 1.50 bits per heavy atom. The summed E-state index contributed by atoms with van der Waals surface area (Å²) in [5.41, 5.74) is 0. The smallest absolute Gasteiger partial charge is 0.246 e. The number of hydrogen-bond donors (Lipinski definition) is 1. The van der Waals surface area contributed by atoms with Gasteiger partial charge in [0, 0.05) is 30.7 Å². The highest BCUT2D eigenvalue weighted by Crippen LogP contribution is 2.24. The quantitative estimate of drug-likeness (QED) is 0.898. The van der Waals surface area contributed by atoms with E-state index < -0.39 is 15.8 Å². The number of nitrogens with zero attached hydrogens (tertiary/aromatic N) is 1. The molecule has 1 aliphatic rings. The van der Waals surface area contributed by atoms with Crippen LogP contribution in [0, 0.1) is 5.82 Å². The number of rotatable bonds is 2. The first-order valence-corrected chi connectivity index (χ1v) is 7.42. The maximum atomic E-state index is 13.7. The van der Waals surface area contributed by atoms with Gasteiger partial charge in [-0.2, -0.15) is 4.31 Å². The zero-order chi connectivity index (χ0) is 13.3. The maximum absolute atomic E-state index is 13.7. The van der Waals surface area contributed by atoms with Gasteiger partial charge in [0.15, 0.2) is 0 Å². The van der Waals surface area contributed by atoms with E-state index in [1.807, 2.05) is 0 Å². The molecule has 4 nitrogen and oxygen atoms in total. The SMILES string of the molecule is CC1CNCCN1S(=O)(=O)c1ccc(Cl)cc1F. The Hall–Kier alpha value is -0.690. The molecule has 1 atom stereocenters. The summed E-state index contributed by atoms with van der Waals surface area (Å²) in [6.07, 6.45) is 0. The highest BCUT2D eigenvalue weighted by Gasteiger charge is 2.32. The van der Waals surface area contributed by atoms with Crippen LogP contribution < -0.4 is 5.32 Å². The fourth-order valence-corrected chi connectivity index (χ4v) is 3.83. The molecule has 0 aromatic heterocycles. The van der Waals surface area contributed by atoms with Crippen LogP contribution in [0.5, 0.6) is 0 Å². The summed E-state index contributed by atoms with van der Waals surface area (Å²) in [6.45, 7) is 3.26. The van der Waals surface area contributed by atoms with E-state index in [-0.39, 0.29) is 16.0 Å². The Morgan fingerprint density at radius 2 is 2.22 bits per heavy atom. The molecule has 0 radical (unpaired) electrons. The summed E-state index contributed by atoms with van der Waals surface area (Å²) in [6, 6.07) is 3.41. The van der Waals surface area contributed by atoms with Gasteiger partial charge < -0.3 is 5.32 Å². The van der Waals surface area contributed by atoms with Crippen molar-refractivity contribution in [1.29, 1.82) is 0 Å². The van der Waals surface area contributed by atoms with Gasteiger partial charge in [0.1, 0.15) is 10.7 Å². The minimum Gasteiger partial charge on any atom is -0.314 e. The zero-order valence-electron chi connectivity index (χ0n) is 9.86. The summed E-state index contributed by atoms with van der Waals surface area (Å²) in [5.74, 6) is -0.812. The molecular formula is C11H14ClFN2O2S. The molecule has 1 fully saturated rings. The van der Waals surface area contributed by atoms with Crippen molar-refractivity contribution in [3.63, 3.8) is 0 Å². The highest BCUT2D eigenvalue weighted by molar-refractivity contribution is 7.89. The molecule has 0 spiro atoms. The molecule has 1 saturated heterocycles. The number of piperazine rings is 1. The van der Waals surface area contributed by atoms with Gasteiger partial charge in [-0.15, -0.1) is 0 Å². The van der Waals surface area contributed by atoms with Crippen molar-refractivity contribution < 1.29 is 12.8 Å². The summed E-state index contributed by atoms with van der Waals surface area (Å²) >= 11 is 5.62. The van der Waals surface area contributed by atoms with Crippen LogP contribution in [0.1, 0.15) is 6.92 Å². The van der Waals surface area contributed by atoms with E-state index in [4.69, 9.17) is 11.6 Å². The second kappa shape index (κ2) is 5.13. The second-order valence-electron chi connectivity index (χ2n) is 4.24. The van der Waals surface area contributed by atoms with Crippen molar-refractivity contribution >= 4 is 21.6 Å². The van der Waals surface area contributed by atoms with Gasteiger partial charge in [-0.25, -0.2) is 12.8 Å². The van der Waals surface area contributed by atoms with Crippen molar-refractivity contribution in [2.45, 2.75) is 17.9 Å². The fourth-order valence-electron chi connectivity index (χ4n) is 1.99. The molecular weight excluding hydrogens is 279 g/mol. The molecule has 1 aliphatic heterocycles. The first kappa shape index (κ1) is 13.7. The van der Waals surface area contributed by atoms with Crippen molar-refractivity contribution in [2.75, 3.05) is 19.6 Å². The maximum Gasteiger partial charge on any atom is 0.246 e. The van der Waals surface area contributed by atoms with E-state index >= 15 is 0 Å². The van der Waals surface area contributed by atoms with Crippen molar-refractivity contribution in [1.82, 2.24) is 9.62 Å². The fraction of sp³-hybridized carbons (Fsp3) is 0.455. The summed E-state index contributed by atoms with van der Waals surface area (Å²) in [5, 5.41) is 3.27. The van der Waals surface area contributed by atoms with Crippen molar-refractivity contribution in [3.8, 4) is 0 Å². The first-order valence-electron chi connectivity index (χ1n) is 5.60. The largest absolute Gasteiger partial charge is 0.314 e. The molecule has 2 rings (SSSR count). The van der Waals surface area contributed by atoms with E-state index in [1.165, 1.54) is 16.4 Å². The standard InChI is InChI=1S/C11H14ClFN2O2S/c1-8-7-14-4-5-15(8)18(16,17)11-3-2-9(12)6-10(11)13/h2-3,6,8,14H,4-5,7H2,1H3. The molecule has 1 N–H and O–H groups in total. The van der Waals surface area contributed by atoms with Gasteiger partial charge >= 0.3 is 0 Å². The lowest BCUT2D eigenvalue weighted by Gasteiger charge is -2.32. The number of halogens is 2. The van der Waals surface area contributed by atoms with Gasteiger partial charge in [0.25, 0.3) is 0 Å². The zero-order valence-corrected chi connectivity index (χ0v) is 11.4. The monoisotopic (exact) mass is 292 g/mol. The predicted octanol–water partition coefficient (Wildman–Crippen LogP) is 1.46. The van der Waals surface area contributed by atoms with Gasteiger partial charge in [-0.3, -0.25) is 0 Å². The molecule has 0 amide bonds. The van der Waals surface area contributed by atoms with Crippen LogP contribution in [0.3, 0.4) is 0 Å². The molecule has 1 aromatic carbocycles. The van der Waals surface area contributed by atoms with E-state index in [0.717, 1.165) is 6.07 Å². The van der Waals surface area contributed by atoms with Crippen LogP contribution in [-0.2, 0) is 10.0 Å². The highest BCUT2D eigenvalue weighted by atomic mass is 35.5. The normalized spacial score (nSPS) is 22.1. The van der Waals surface area contributed by atoms with E-state index in [1.54, 1.807) is 6.92 Å². The Morgan fingerprint density at radius 3 is 2.83 bits per heavy atom. The van der Waals surface area contributed by atoms with E-state index in [0.29, 0.717) is 19.6 Å². The molecule has 0 aliphatic carbocycles. The molecule has 1 heterocycles. The Balaban J connectivity index is 2.41. The second-order valence-corrected chi connectivity index (χ2v) is 6.54. The third-order valence-corrected chi connectivity index (χ3v) is 5.20. The third-order valence-electron chi connectivity index (χ3n) is 2.92. The molecule has 0 saturated carbocycles. The summed E-state index contributed by atoms with van der Waals surface area (Å²) < 4.78 is 39.7. The van der Waals surface area contributed by atoms with Crippen LogP contribution in [0.4, 0.5) is 4.39 Å². The van der Waals surface area contributed by atoms with Crippen LogP contribution in [0.15, 0.2) is 23.1 Å². The molecule has 7 heteroatoms. The Bertz CT molecular complexity index is 550. The van der Waals surface area contributed by atoms with Crippen LogP contribution in [0.25, 0.3) is 0 Å². The van der Waals surface area contributed by atoms with Crippen molar-refractivity contribution in [2.24, 2.45) is 0 Å². The van der Waals surface area contributed by atoms with Crippen molar-refractivity contribution in [3.05, 3.63) is 29.0 Å². The third kappa shape index (κ3) is 2.51. The minimum absolute atomic E-state index is 0.180. The molecule has 100 valence electrons. The van der Waals surface area contributed by atoms with Crippen LogP contribution in [-0.4, -0.2) is 38.4 Å². The van der Waals surface area contributed by atoms with Gasteiger partial charge in [0.05, 0.1) is 0 Å². The number of sulfonamides is 1. The lowest BCUT2D eigenvalue weighted by molar-refractivity contribution is 0.283. The predicted molar refractivity (Wildman–Crippen MR) is 67.6 cm³/mol. The summed E-state index contributed by atoms with van der Waals surface area (Å²) in [7, 11) is -3.80. The van der Waals surface area contributed by atoms with Gasteiger partial charge in [-0.1, -0.05) is 11.6 Å². The van der Waals surface area contributed by atoms with Crippen LogP contribution >= 0.6 is 11.6 Å². The minimum atomic E-state index is -3.80. The lowest BCUT2D eigenvalue weighted by atomic mass is 10.3. The topological polar surface area (TPSA) is 49.4 Å². The van der Waals surface area contributed by atoms with Gasteiger partial charge in [-0.05, 0) is 25.1 Å². The van der Waals surface area contributed by atoms with Gasteiger partial charge in [0.2, 0.25) is 10.0 Å². The molecule has 1 aromatic rings. The van der Waals surface area contributed by atoms with Crippen LogP contribution in [0.2, 0.25) is 5.02 Å². The number of hydrogen-bond acceptors (Lipinski definition) is 3. The van der Waals surface area contributed by atoms with E-state index in [2.05, 4.69) is 5.32 Å². The summed E-state index contributed by atoms with van der Waals surface area (Å²) in [4.78, 5) is -0.319. The lowest BCUT2D eigenvalue weighted by Crippen LogP contribution is -2.52. The average molecular weight is 293 g/mol. The first-order chi connectivity index (χ1) is 8.43. The molecule has 0 bridgehead atoms. The Kier molecular flexibility index (Phi) is 3.91.